The van der Waals surface area contributed by atoms with Gasteiger partial charge in [-0.1, -0.05) is 6.42 Å². The summed E-state index contributed by atoms with van der Waals surface area (Å²) in [5.41, 5.74) is 2.44. The van der Waals surface area contributed by atoms with Gasteiger partial charge in [0.1, 0.15) is 18.4 Å². The summed E-state index contributed by atoms with van der Waals surface area (Å²) in [6, 6.07) is 5.13. The van der Waals surface area contributed by atoms with Crippen molar-refractivity contribution in [2.24, 2.45) is 9.98 Å². The number of ether oxygens (including phenoxy) is 1. The van der Waals surface area contributed by atoms with E-state index in [1.165, 1.54) is 0 Å². The molecule has 1 aromatic carbocycles. The molecule has 1 N–H and O–H groups in total. The van der Waals surface area contributed by atoms with E-state index < -0.39 is 11.9 Å². The number of fused-ring (bicyclic) bond motifs is 1. The Kier molecular flexibility index (Phi) is 7.52. The first kappa shape index (κ1) is 23.8. The minimum absolute atomic E-state index is 0.178. The van der Waals surface area contributed by atoms with Crippen molar-refractivity contribution in [2.45, 2.75) is 50.7 Å². The molecule has 3 aliphatic rings. The second-order valence-corrected chi connectivity index (χ2v) is 8.92. The minimum Gasteiger partial charge on any atom is -0.492 e. The van der Waals surface area contributed by atoms with Crippen LogP contribution in [0.3, 0.4) is 0 Å². The lowest BCUT2D eigenvalue weighted by Crippen LogP contribution is -2.52. The van der Waals surface area contributed by atoms with Crippen LogP contribution in [0.4, 0.5) is 0 Å². The number of aliphatic imine (C=N–C) groups is 2. The molecule has 0 saturated carbocycles. The van der Waals surface area contributed by atoms with Gasteiger partial charge in [0.25, 0.3) is 5.91 Å². The highest BCUT2D eigenvalue weighted by Gasteiger charge is 2.39. The number of imide groups is 1. The molecule has 180 valence electrons. The number of piperidine rings is 2. The van der Waals surface area contributed by atoms with Crippen molar-refractivity contribution in [3.05, 3.63) is 41.1 Å². The molecule has 1 aromatic rings. The molecular weight excluding hydrogens is 434 g/mol. The van der Waals surface area contributed by atoms with Crippen LogP contribution in [0, 0.1) is 0 Å². The Bertz CT molecular complexity index is 1030. The van der Waals surface area contributed by atoms with Crippen molar-refractivity contribution in [1.29, 1.82) is 0 Å². The van der Waals surface area contributed by atoms with Gasteiger partial charge < -0.3 is 9.64 Å². The summed E-state index contributed by atoms with van der Waals surface area (Å²) in [6.45, 7) is 6.16. The van der Waals surface area contributed by atoms with E-state index in [1.54, 1.807) is 24.2 Å². The molecule has 4 rings (SSSR count). The topological polar surface area (TPSA) is 104 Å². The van der Waals surface area contributed by atoms with Crippen LogP contribution in [0.25, 0.3) is 0 Å². The van der Waals surface area contributed by atoms with E-state index in [4.69, 9.17) is 4.74 Å². The normalized spacial score (nSPS) is 23.9. The summed E-state index contributed by atoms with van der Waals surface area (Å²) in [4.78, 5) is 48.5. The van der Waals surface area contributed by atoms with Crippen LogP contribution in [-0.4, -0.2) is 79.3 Å². The lowest BCUT2D eigenvalue weighted by molar-refractivity contribution is -0.136. The molecule has 3 heterocycles. The molecule has 3 aliphatic heterocycles. The number of amides is 3. The highest BCUT2D eigenvalue weighted by molar-refractivity contribution is 6.05. The predicted molar refractivity (Wildman–Crippen MR) is 129 cm³/mol. The van der Waals surface area contributed by atoms with Crippen molar-refractivity contribution >= 4 is 30.7 Å². The first-order valence-electron chi connectivity index (χ1n) is 11.7. The first-order chi connectivity index (χ1) is 16.5. The van der Waals surface area contributed by atoms with Gasteiger partial charge in [-0.15, -0.1) is 0 Å². The lowest BCUT2D eigenvalue weighted by Gasteiger charge is -2.35. The number of nitrogens with zero attached hydrogens (tertiary/aromatic N) is 4. The van der Waals surface area contributed by atoms with Gasteiger partial charge in [0.2, 0.25) is 11.8 Å². The number of nitrogens with one attached hydrogen (secondary N) is 1. The number of benzene rings is 1. The third-order valence-corrected chi connectivity index (χ3v) is 6.62. The quantitative estimate of drug-likeness (QED) is 0.467. The highest BCUT2D eigenvalue weighted by atomic mass is 16.5. The van der Waals surface area contributed by atoms with Gasteiger partial charge in [0, 0.05) is 56.2 Å². The zero-order chi connectivity index (χ0) is 24.1. The van der Waals surface area contributed by atoms with Crippen LogP contribution in [0.5, 0.6) is 5.75 Å². The molecule has 9 heteroatoms. The smallest absolute Gasteiger partial charge is 0.255 e. The molecular formula is C25H31N5O4. The number of hydrogen-bond donors (Lipinski definition) is 1. The second-order valence-electron chi connectivity index (χ2n) is 8.92. The number of hydrogen-bond acceptors (Lipinski definition) is 7. The van der Waals surface area contributed by atoms with Gasteiger partial charge in [0.15, 0.2) is 0 Å². The van der Waals surface area contributed by atoms with E-state index in [1.807, 2.05) is 18.3 Å². The van der Waals surface area contributed by atoms with E-state index in [0.717, 1.165) is 43.5 Å². The molecule has 34 heavy (non-hydrogen) atoms. The van der Waals surface area contributed by atoms with E-state index in [2.05, 4.69) is 26.9 Å². The first-order valence-corrected chi connectivity index (χ1v) is 11.7. The molecule has 0 spiro atoms. The molecule has 0 bridgehead atoms. The maximum atomic E-state index is 12.9. The Balaban J connectivity index is 1.40. The number of likely N-dealkylation sites (tertiary alicyclic amines) is 1. The largest absolute Gasteiger partial charge is 0.492 e. The Labute approximate surface area is 199 Å². The standard InChI is InChI=1S/C25H31N5O4/c1-26-12-17(13-27-2)14-29-10-4-3-5-19(29)16-34-20-6-7-21-18(11-20)15-30(25(21)33)22-8-9-23(31)28-24(22)32/h6-7,11-13,19,22H,1,3-5,8-10,14-16H2,2H3,(H,28,31,32)/b17-12+,27-13-/t19-,22?/m1/s1. The Morgan fingerprint density at radius 1 is 1.26 bits per heavy atom. The molecule has 2 saturated heterocycles. The van der Waals surface area contributed by atoms with Crippen molar-refractivity contribution in [3.63, 3.8) is 0 Å². The zero-order valence-electron chi connectivity index (χ0n) is 19.5. The van der Waals surface area contributed by atoms with Crippen LogP contribution in [0.15, 0.2) is 40.0 Å². The van der Waals surface area contributed by atoms with Crippen molar-refractivity contribution < 1.29 is 19.1 Å². The summed E-state index contributed by atoms with van der Waals surface area (Å²) in [5, 5.41) is 2.33. The highest BCUT2D eigenvalue weighted by Crippen LogP contribution is 2.30. The molecule has 2 fully saturated rings. The monoisotopic (exact) mass is 465 g/mol. The van der Waals surface area contributed by atoms with Crippen LogP contribution in [0.2, 0.25) is 0 Å². The minimum atomic E-state index is -0.614. The molecule has 3 amide bonds. The summed E-state index contributed by atoms with van der Waals surface area (Å²) in [7, 11) is 1.74. The fourth-order valence-corrected chi connectivity index (χ4v) is 4.92. The van der Waals surface area contributed by atoms with Gasteiger partial charge in [-0.05, 0) is 56.3 Å². The third-order valence-electron chi connectivity index (χ3n) is 6.62. The number of rotatable bonds is 8. The summed E-state index contributed by atoms with van der Waals surface area (Å²) in [6.07, 6.45) is 7.50. The van der Waals surface area contributed by atoms with Crippen molar-refractivity contribution in [2.75, 3.05) is 26.7 Å². The average Bonchev–Trinajstić information content (AvgIpc) is 3.14. The fourth-order valence-electron chi connectivity index (χ4n) is 4.92. The average molecular weight is 466 g/mol. The van der Waals surface area contributed by atoms with Crippen LogP contribution in [0.1, 0.15) is 48.0 Å². The van der Waals surface area contributed by atoms with E-state index in [-0.39, 0.29) is 24.3 Å². The van der Waals surface area contributed by atoms with Gasteiger partial charge in [-0.3, -0.25) is 34.6 Å². The summed E-state index contributed by atoms with van der Waals surface area (Å²) < 4.78 is 6.17. The molecule has 2 atom stereocenters. The Hall–Kier alpha value is -3.33. The lowest BCUT2D eigenvalue weighted by atomic mass is 10.0. The summed E-state index contributed by atoms with van der Waals surface area (Å²) >= 11 is 0. The van der Waals surface area contributed by atoms with Gasteiger partial charge in [-0.2, -0.15) is 0 Å². The second kappa shape index (κ2) is 10.7. The van der Waals surface area contributed by atoms with Gasteiger partial charge >= 0.3 is 0 Å². The number of carbonyl (C=O) groups excluding carboxylic acids is 3. The van der Waals surface area contributed by atoms with E-state index in [0.29, 0.717) is 30.9 Å². The fraction of sp³-hybridized carbons (Fsp3) is 0.480. The zero-order valence-corrected chi connectivity index (χ0v) is 19.5. The number of carbonyl (C=O) groups is 3. The van der Waals surface area contributed by atoms with E-state index in [9.17, 15) is 14.4 Å². The molecule has 9 nitrogen and oxygen atoms in total. The van der Waals surface area contributed by atoms with Crippen LogP contribution < -0.4 is 10.1 Å². The van der Waals surface area contributed by atoms with Crippen LogP contribution in [-0.2, 0) is 16.1 Å². The maximum absolute atomic E-state index is 12.9. The Morgan fingerprint density at radius 2 is 2.12 bits per heavy atom. The molecule has 0 radical (unpaired) electrons. The van der Waals surface area contributed by atoms with Gasteiger partial charge in [0.05, 0.1) is 0 Å². The molecule has 0 aromatic heterocycles. The summed E-state index contributed by atoms with van der Waals surface area (Å²) in [5.74, 6) is -0.161. The van der Waals surface area contributed by atoms with Crippen LogP contribution >= 0.6 is 0 Å². The predicted octanol–water partition coefficient (Wildman–Crippen LogP) is 1.97. The third kappa shape index (κ3) is 5.25. The van der Waals surface area contributed by atoms with Gasteiger partial charge in [-0.25, -0.2) is 0 Å². The molecule has 0 aliphatic carbocycles. The van der Waals surface area contributed by atoms with Crippen molar-refractivity contribution in [3.8, 4) is 5.75 Å². The maximum Gasteiger partial charge on any atom is 0.255 e. The van der Waals surface area contributed by atoms with Crippen molar-refractivity contribution in [1.82, 2.24) is 15.1 Å². The van der Waals surface area contributed by atoms with E-state index >= 15 is 0 Å². The SMILES string of the molecule is C=N/C=C(\C=N/C)CN1CCCC[C@@H]1COc1ccc2c(c1)CN(C1CCC(=O)NC1=O)C2=O. The Morgan fingerprint density at radius 3 is 2.88 bits per heavy atom. The molecule has 1 unspecified atom stereocenters.